The monoisotopic (exact) mass is 544 g/mol. The number of carbonyl (C=O) groups excluding carboxylic acids is 2. The molecule has 0 saturated heterocycles. The van der Waals surface area contributed by atoms with E-state index in [1.807, 2.05) is 42.6 Å². The molecule has 40 heavy (non-hydrogen) atoms. The van der Waals surface area contributed by atoms with Gasteiger partial charge in [-0.1, -0.05) is 36.4 Å². The van der Waals surface area contributed by atoms with Crippen molar-refractivity contribution in [2.75, 3.05) is 53.5 Å². The van der Waals surface area contributed by atoms with E-state index >= 15 is 0 Å². The first-order valence-electron chi connectivity index (χ1n) is 12.6. The number of nitrogens with one attached hydrogen (secondary N) is 1. The number of carbonyl (C=O) groups is 2. The zero-order valence-electron chi connectivity index (χ0n) is 22.9. The average Bonchev–Trinajstić information content (AvgIpc) is 3.42. The van der Waals surface area contributed by atoms with E-state index in [0.29, 0.717) is 34.2 Å². The zero-order valence-corrected chi connectivity index (χ0v) is 22.9. The number of anilines is 1. The van der Waals surface area contributed by atoms with Crippen LogP contribution in [-0.4, -0.2) is 74.4 Å². The maximum absolute atomic E-state index is 13.3. The summed E-state index contributed by atoms with van der Waals surface area (Å²) in [5.74, 6) is 1.20. The van der Waals surface area contributed by atoms with Crippen LogP contribution >= 0.6 is 0 Å². The highest BCUT2D eigenvalue weighted by atomic mass is 16.5. The number of rotatable bonds is 12. The Balaban J connectivity index is 1.64. The van der Waals surface area contributed by atoms with E-state index in [-0.39, 0.29) is 31.6 Å². The third-order valence-corrected chi connectivity index (χ3v) is 6.18. The first-order chi connectivity index (χ1) is 19.5. The van der Waals surface area contributed by atoms with Gasteiger partial charge < -0.3 is 23.8 Å². The number of hydrogen-bond acceptors (Lipinski definition) is 7. The molecular weight excluding hydrogens is 512 g/mol. The second-order valence-electron chi connectivity index (χ2n) is 8.72. The lowest BCUT2D eigenvalue weighted by molar-refractivity contribution is -0.117. The van der Waals surface area contributed by atoms with Crippen molar-refractivity contribution in [1.29, 1.82) is 0 Å². The van der Waals surface area contributed by atoms with Crippen LogP contribution in [0.25, 0.3) is 16.9 Å². The molecule has 10 nitrogen and oxygen atoms in total. The Kier molecular flexibility index (Phi) is 9.37. The Hall–Kier alpha value is -4.83. The summed E-state index contributed by atoms with van der Waals surface area (Å²) in [6.07, 6.45) is 1.83. The number of hydrogen-bond donors (Lipinski definition) is 1. The molecule has 0 spiro atoms. The molecule has 0 saturated carbocycles. The molecule has 0 aliphatic rings. The molecule has 3 aromatic carbocycles. The van der Waals surface area contributed by atoms with Crippen molar-refractivity contribution in [2.24, 2.45) is 0 Å². The Bertz CT molecular complexity index is 1450. The highest BCUT2D eigenvalue weighted by Crippen LogP contribution is 2.31. The topological polar surface area (TPSA) is 104 Å². The van der Waals surface area contributed by atoms with Crippen molar-refractivity contribution >= 4 is 17.8 Å². The highest BCUT2D eigenvalue weighted by molar-refractivity contribution is 5.99. The third-order valence-electron chi connectivity index (χ3n) is 6.18. The van der Waals surface area contributed by atoms with Gasteiger partial charge in [-0.15, -0.1) is 0 Å². The van der Waals surface area contributed by atoms with Crippen LogP contribution in [0.1, 0.15) is 10.4 Å². The van der Waals surface area contributed by atoms with Gasteiger partial charge in [-0.25, -0.2) is 4.98 Å². The van der Waals surface area contributed by atoms with Crippen molar-refractivity contribution < 1.29 is 28.5 Å². The molecule has 0 bridgehead atoms. The highest BCUT2D eigenvalue weighted by Gasteiger charge is 2.21. The number of nitrogens with zero attached hydrogens (tertiary/aromatic N) is 3. The summed E-state index contributed by atoms with van der Waals surface area (Å²) < 4.78 is 23.0. The summed E-state index contributed by atoms with van der Waals surface area (Å²) in [5, 5.41) is 2.88. The Morgan fingerprint density at radius 2 is 1.65 bits per heavy atom. The third kappa shape index (κ3) is 6.59. The van der Waals surface area contributed by atoms with E-state index < -0.39 is 5.91 Å². The van der Waals surface area contributed by atoms with Gasteiger partial charge in [0.1, 0.15) is 12.3 Å². The van der Waals surface area contributed by atoms with E-state index in [0.717, 1.165) is 5.56 Å². The first kappa shape index (κ1) is 28.2. The number of methoxy groups -OCH3 is 4. The van der Waals surface area contributed by atoms with Gasteiger partial charge in [0, 0.05) is 37.0 Å². The summed E-state index contributed by atoms with van der Waals surface area (Å²) in [6.45, 7) is 0.277. The molecule has 4 aromatic rings. The average molecular weight is 545 g/mol. The standard InChI is InChI=1S/C30H32N4O6/c1-37-16-15-33(29(36)22-11-8-12-24(17-22)38-2)20-28(35)32-30-31-25(21-9-6-5-7-10-21)19-34(30)23-13-14-26(39-3)27(18-23)40-4/h5-14,17-19H,15-16,20H2,1-4H3,(H,31,32,35). The molecule has 4 rings (SSSR count). The van der Waals surface area contributed by atoms with Crippen LogP contribution in [0.4, 0.5) is 5.95 Å². The molecule has 1 heterocycles. The molecule has 208 valence electrons. The van der Waals surface area contributed by atoms with Crippen molar-refractivity contribution in [3.8, 4) is 34.2 Å². The van der Waals surface area contributed by atoms with Gasteiger partial charge in [-0.05, 0) is 30.3 Å². The fraction of sp³-hybridized carbons (Fsp3) is 0.233. The smallest absolute Gasteiger partial charge is 0.254 e. The fourth-order valence-electron chi connectivity index (χ4n) is 4.12. The quantitative estimate of drug-likeness (QED) is 0.284. The molecule has 1 N–H and O–H groups in total. The molecule has 0 atom stereocenters. The lowest BCUT2D eigenvalue weighted by Gasteiger charge is -2.22. The van der Waals surface area contributed by atoms with Gasteiger partial charge in [-0.2, -0.15) is 0 Å². The molecule has 0 aliphatic carbocycles. The lowest BCUT2D eigenvalue weighted by atomic mass is 10.2. The van der Waals surface area contributed by atoms with Crippen LogP contribution in [0, 0.1) is 0 Å². The molecule has 1 aromatic heterocycles. The van der Waals surface area contributed by atoms with Crippen LogP contribution < -0.4 is 19.5 Å². The zero-order chi connectivity index (χ0) is 28.5. The number of ether oxygens (including phenoxy) is 4. The Labute approximate surface area is 233 Å². The van der Waals surface area contributed by atoms with Crippen LogP contribution in [0.15, 0.2) is 79.0 Å². The second kappa shape index (κ2) is 13.3. The molecule has 10 heteroatoms. The van der Waals surface area contributed by atoms with Crippen LogP contribution in [0.3, 0.4) is 0 Å². The van der Waals surface area contributed by atoms with Crippen molar-refractivity contribution in [2.45, 2.75) is 0 Å². The normalized spacial score (nSPS) is 10.6. The lowest BCUT2D eigenvalue weighted by Crippen LogP contribution is -2.40. The number of amides is 2. The van der Waals surface area contributed by atoms with Crippen LogP contribution in [-0.2, 0) is 9.53 Å². The molecule has 0 unspecified atom stereocenters. The van der Waals surface area contributed by atoms with E-state index in [1.54, 1.807) is 62.3 Å². The van der Waals surface area contributed by atoms with Crippen molar-refractivity contribution in [3.63, 3.8) is 0 Å². The van der Waals surface area contributed by atoms with Crippen LogP contribution in [0.2, 0.25) is 0 Å². The Morgan fingerprint density at radius 1 is 0.875 bits per heavy atom. The van der Waals surface area contributed by atoms with E-state index in [9.17, 15) is 9.59 Å². The molecular formula is C30H32N4O6. The summed E-state index contributed by atoms with van der Waals surface area (Å²) in [4.78, 5) is 32.8. The Morgan fingerprint density at radius 3 is 2.35 bits per heavy atom. The van der Waals surface area contributed by atoms with Gasteiger partial charge in [-0.3, -0.25) is 19.5 Å². The fourth-order valence-corrected chi connectivity index (χ4v) is 4.12. The summed E-state index contributed by atoms with van der Waals surface area (Å²) in [6, 6.07) is 21.8. The molecule has 0 radical (unpaired) electrons. The SMILES string of the molecule is COCCN(CC(=O)Nc1nc(-c2ccccc2)cn1-c1ccc(OC)c(OC)c1)C(=O)c1cccc(OC)c1. The summed E-state index contributed by atoms with van der Waals surface area (Å²) in [7, 11) is 6.20. The minimum Gasteiger partial charge on any atom is -0.497 e. The predicted molar refractivity (Wildman–Crippen MR) is 152 cm³/mol. The van der Waals surface area contributed by atoms with Gasteiger partial charge in [0.05, 0.1) is 39.3 Å². The van der Waals surface area contributed by atoms with E-state index in [2.05, 4.69) is 5.32 Å². The van der Waals surface area contributed by atoms with Crippen molar-refractivity contribution in [1.82, 2.24) is 14.5 Å². The number of imidazole rings is 1. The minimum absolute atomic E-state index is 0.209. The van der Waals surface area contributed by atoms with E-state index in [1.165, 1.54) is 12.0 Å². The first-order valence-corrected chi connectivity index (χ1v) is 12.6. The number of aromatic nitrogens is 2. The summed E-state index contributed by atoms with van der Waals surface area (Å²) in [5.41, 5.74) is 2.65. The maximum atomic E-state index is 13.3. The van der Waals surface area contributed by atoms with Gasteiger partial charge >= 0.3 is 0 Å². The van der Waals surface area contributed by atoms with Crippen molar-refractivity contribution in [3.05, 3.63) is 84.6 Å². The largest absolute Gasteiger partial charge is 0.497 e. The van der Waals surface area contributed by atoms with Gasteiger partial charge in [0.2, 0.25) is 11.9 Å². The van der Waals surface area contributed by atoms with Crippen LogP contribution in [0.5, 0.6) is 17.2 Å². The number of benzene rings is 3. The van der Waals surface area contributed by atoms with Gasteiger partial charge in [0.15, 0.2) is 11.5 Å². The van der Waals surface area contributed by atoms with E-state index in [4.69, 9.17) is 23.9 Å². The molecule has 0 fully saturated rings. The predicted octanol–water partition coefficient (Wildman–Crippen LogP) is 4.29. The summed E-state index contributed by atoms with van der Waals surface area (Å²) >= 11 is 0. The molecule has 0 aliphatic heterocycles. The second-order valence-corrected chi connectivity index (χ2v) is 8.72. The maximum Gasteiger partial charge on any atom is 0.254 e. The van der Waals surface area contributed by atoms with Gasteiger partial charge in [0.25, 0.3) is 5.91 Å². The molecule has 2 amide bonds. The minimum atomic E-state index is -0.417.